The highest BCUT2D eigenvalue weighted by Gasteiger charge is 2.50. The van der Waals surface area contributed by atoms with Gasteiger partial charge in [-0.25, -0.2) is 0 Å². The molecule has 0 saturated carbocycles. The molecular formula is C58H95N5O10. The van der Waals surface area contributed by atoms with Gasteiger partial charge in [0.2, 0.25) is 17.2 Å². The molecule has 5 aliphatic heterocycles. The van der Waals surface area contributed by atoms with Crippen molar-refractivity contribution in [2.45, 2.75) is 258 Å². The fourth-order valence-electron chi connectivity index (χ4n) is 14.5. The number of piperidine rings is 5. The summed E-state index contributed by atoms with van der Waals surface area (Å²) in [6.45, 7) is 41.0. The van der Waals surface area contributed by atoms with Gasteiger partial charge in [-0.2, -0.15) is 0 Å². The van der Waals surface area contributed by atoms with Crippen LogP contribution in [0.4, 0.5) is 0 Å². The molecule has 0 spiro atoms. The third-order valence-electron chi connectivity index (χ3n) is 17.0. The van der Waals surface area contributed by atoms with Crippen molar-refractivity contribution in [3.63, 3.8) is 0 Å². The molecule has 0 radical (unpaired) electrons. The predicted octanol–water partition coefficient (Wildman–Crippen LogP) is 9.68. The van der Waals surface area contributed by atoms with Crippen molar-refractivity contribution in [1.29, 1.82) is 0 Å². The maximum absolute atomic E-state index is 15.1. The number of nitrogens with one attached hydrogen (secondary N) is 3. The van der Waals surface area contributed by atoms with E-state index in [1.165, 1.54) is 6.07 Å². The first-order chi connectivity index (χ1) is 32.8. The molecule has 0 atom stereocenters. The van der Waals surface area contributed by atoms with Crippen LogP contribution in [-0.2, 0) is 24.0 Å². The molecule has 5 heterocycles. The molecule has 15 nitrogen and oxygen atoms in total. The quantitative estimate of drug-likeness (QED) is 0.149. The number of benzene rings is 1. The lowest BCUT2D eigenvalue weighted by molar-refractivity contribution is -0.148. The van der Waals surface area contributed by atoms with Crippen molar-refractivity contribution < 1.29 is 47.7 Å². The number of carbonyl (C=O) groups is 5. The zero-order chi connectivity index (χ0) is 55.2. The molecule has 412 valence electrons. The second-order valence-electron chi connectivity index (χ2n) is 29.5. The van der Waals surface area contributed by atoms with Crippen molar-refractivity contribution in [2.24, 2.45) is 29.6 Å². The molecule has 0 bridgehead atoms. The number of carbonyl (C=O) groups excluding carboxylic acids is 5. The van der Waals surface area contributed by atoms with Gasteiger partial charge in [-0.3, -0.25) is 33.8 Å². The zero-order valence-electron chi connectivity index (χ0n) is 49.0. The van der Waals surface area contributed by atoms with Gasteiger partial charge in [0.25, 0.3) is 0 Å². The summed E-state index contributed by atoms with van der Waals surface area (Å²) in [6.07, 6.45) is 4.19. The van der Waals surface area contributed by atoms with Crippen LogP contribution in [-0.4, -0.2) is 109 Å². The standard InChI is InChI=1S/C58H95N5O10/c1-49(2)24-34(25-50(3,4)59-49)46(66)71-41-39(69-44(64)37-30-55(13,14)62(21)56(15,16)31-37)23-40(70-45(65)38-32-57(17,18)63(22)58(19,20)33-38)42(72-47(67)35-26-51(5,6)60-52(7,8)27-35)43(41)73-48(68)36-28-53(9,10)61-54(11,12)29-36/h23,34-38,59-61H,24-33H2,1-22H3. The first kappa shape index (κ1) is 58.6. The molecule has 1 aromatic carbocycles. The highest BCUT2D eigenvalue weighted by molar-refractivity contribution is 5.88. The van der Waals surface area contributed by atoms with Crippen LogP contribution in [0.25, 0.3) is 0 Å². The fraction of sp³-hybridized carbons (Fsp3) is 0.810. The van der Waals surface area contributed by atoms with Crippen molar-refractivity contribution in [2.75, 3.05) is 14.1 Å². The Morgan fingerprint density at radius 3 is 0.767 bits per heavy atom. The van der Waals surface area contributed by atoms with Crippen LogP contribution in [0.5, 0.6) is 28.7 Å². The molecule has 73 heavy (non-hydrogen) atoms. The van der Waals surface area contributed by atoms with Crippen molar-refractivity contribution >= 4 is 29.8 Å². The molecule has 15 heteroatoms. The SMILES string of the molecule is CN1C(C)(C)CC(C(=O)Oc2cc(OC(=O)C3CC(C)(C)N(C)C(C)(C)C3)c(OC(=O)C3CC(C)(C)NC(C)(C)C3)c(OC(=O)C3CC(C)(C)NC(C)(C)C3)c2OC(=O)C2CC(C)(C)NC(C)(C)C2)CC1(C)C. The van der Waals surface area contributed by atoms with E-state index in [0.717, 1.165) is 0 Å². The predicted molar refractivity (Wildman–Crippen MR) is 284 cm³/mol. The maximum atomic E-state index is 15.1. The largest absolute Gasteiger partial charge is 0.422 e. The summed E-state index contributed by atoms with van der Waals surface area (Å²) >= 11 is 0. The number of hydrogen-bond donors (Lipinski definition) is 3. The van der Waals surface area contributed by atoms with E-state index in [9.17, 15) is 19.2 Å². The zero-order valence-corrected chi connectivity index (χ0v) is 49.0. The molecule has 0 aliphatic carbocycles. The van der Waals surface area contributed by atoms with Gasteiger partial charge in [0, 0.05) is 61.5 Å². The number of rotatable bonds is 10. The van der Waals surface area contributed by atoms with E-state index in [4.69, 9.17) is 23.7 Å². The Balaban J connectivity index is 1.60. The van der Waals surface area contributed by atoms with E-state index in [1.807, 2.05) is 97.2 Å². The third-order valence-corrected chi connectivity index (χ3v) is 17.0. The van der Waals surface area contributed by atoms with Crippen LogP contribution in [0.15, 0.2) is 6.07 Å². The van der Waals surface area contributed by atoms with E-state index >= 15 is 4.79 Å². The molecule has 3 N–H and O–H groups in total. The first-order valence-corrected chi connectivity index (χ1v) is 27.0. The average molecular weight is 1020 g/mol. The highest BCUT2D eigenvalue weighted by atomic mass is 16.6. The fourth-order valence-corrected chi connectivity index (χ4v) is 14.5. The van der Waals surface area contributed by atoms with Crippen LogP contribution in [0.1, 0.15) is 203 Å². The summed E-state index contributed by atoms with van der Waals surface area (Å²) in [7, 11) is 4.10. The smallest absolute Gasteiger partial charge is 0.314 e. The Kier molecular flexibility index (Phi) is 15.6. The van der Waals surface area contributed by atoms with Crippen LogP contribution in [0.3, 0.4) is 0 Å². The molecule has 5 aliphatic rings. The maximum Gasteiger partial charge on any atom is 0.314 e. The number of esters is 5. The van der Waals surface area contributed by atoms with Gasteiger partial charge in [-0.1, -0.05) is 0 Å². The van der Waals surface area contributed by atoms with Crippen molar-refractivity contribution in [3.8, 4) is 28.7 Å². The van der Waals surface area contributed by atoms with E-state index < -0.39 is 132 Å². The molecule has 1 aromatic rings. The molecule has 0 unspecified atom stereocenters. The molecular weight excluding hydrogens is 927 g/mol. The Morgan fingerprint density at radius 1 is 0.342 bits per heavy atom. The average Bonchev–Trinajstić information content (AvgIpc) is 3.17. The van der Waals surface area contributed by atoms with Crippen molar-refractivity contribution in [1.82, 2.24) is 25.8 Å². The second-order valence-corrected chi connectivity index (χ2v) is 29.5. The van der Waals surface area contributed by atoms with Crippen LogP contribution in [0.2, 0.25) is 0 Å². The van der Waals surface area contributed by atoms with Crippen LogP contribution >= 0.6 is 0 Å². The van der Waals surface area contributed by atoms with E-state index in [2.05, 4.69) is 81.1 Å². The van der Waals surface area contributed by atoms with Gasteiger partial charge < -0.3 is 39.6 Å². The minimum Gasteiger partial charge on any atom is -0.422 e. The van der Waals surface area contributed by atoms with E-state index in [1.54, 1.807) is 0 Å². The molecule has 0 aromatic heterocycles. The van der Waals surface area contributed by atoms with E-state index in [-0.39, 0.29) is 11.5 Å². The van der Waals surface area contributed by atoms with Gasteiger partial charge in [0.05, 0.1) is 29.6 Å². The van der Waals surface area contributed by atoms with Gasteiger partial charge in [0.1, 0.15) is 0 Å². The summed E-state index contributed by atoms with van der Waals surface area (Å²) in [6, 6.07) is 1.30. The summed E-state index contributed by atoms with van der Waals surface area (Å²) in [5.74, 6) is -8.28. The first-order valence-electron chi connectivity index (χ1n) is 27.0. The number of hydrogen-bond acceptors (Lipinski definition) is 15. The van der Waals surface area contributed by atoms with Crippen LogP contribution in [0, 0.1) is 29.6 Å². The Bertz CT molecular complexity index is 2110. The minimum absolute atomic E-state index is 0.301. The number of ether oxygens (including phenoxy) is 5. The summed E-state index contributed by atoms with van der Waals surface area (Å²) < 4.78 is 32.7. The Labute approximate surface area is 438 Å². The van der Waals surface area contributed by atoms with Gasteiger partial charge in [-0.15, -0.1) is 0 Å². The lowest BCUT2D eigenvalue weighted by atomic mass is 9.74. The Morgan fingerprint density at radius 2 is 0.534 bits per heavy atom. The summed E-state index contributed by atoms with van der Waals surface area (Å²) in [5, 5.41) is 10.9. The molecule has 5 fully saturated rings. The van der Waals surface area contributed by atoms with E-state index in [0.29, 0.717) is 64.2 Å². The second kappa shape index (κ2) is 19.4. The molecule has 0 amide bonds. The normalized spacial score (nSPS) is 26.8. The van der Waals surface area contributed by atoms with Gasteiger partial charge in [0.15, 0.2) is 11.5 Å². The summed E-state index contributed by atoms with van der Waals surface area (Å²) in [4.78, 5) is 79.4. The lowest BCUT2D eigenvalue weighted by Crippen LogP contribution is -2.59. The topological polar surface area (TPSA) is 174 Å². The van der Waals surface area contributed by atoms with Gasteiger partial charge >= 0.3 is 29.8 Å². The molecule has 5 saturated heterocycles. The minimum atomic E-state index is -0.681. The highest BCUT2D eigenvalue weighted by Crippen LogP contribution is 2.54. The Hall–Kier alpha value is -3.63. The molecule has 6 rings (SSSR count). The number of likely N-dealkylation sites (tertiary alicyclic amines) is 2. The lowest BCUT2D eigenvalue weighted by Gasteiger charge is -2.53. The summed E-state index contributed by atoms with van der Waals surface area (Å²) in [5.41, 5.74) is -4.45. The van der Waals surface area contributed by atoms with Crippen molar-refractivity contribution in [3.05, 3.63) is 6.07 Å². The third kappa shape index (κ3) is 13.7. The van der Waals surface area contributed by atoms with Crippen LogP contribution < -0.4 is 39.6 Å². The van der Waals surface area contributed by atoms with Gasteiger partial charge in [-0.05, 0) is 217 Å². The number of nitrogens with zero attached hydrogens (tertiary/aromatic N) is 2. The monoisotopic (exact) mass is 1020 g/mol.